The summed E-state index contributed by atoms with van der Waals surface area (Å²) in [6, 6.07) is 6.97. The van der Waals surface area contributed by atoms with Crippen LogP contribution in [0.5, 0.6) is 0 Å². The Kier molecular flexibility index (Phi) is 10.1. The minimum absolute atomic E-state index is 0.136. The van der Waals surface area contributed by atoms with E-state index in [9.17, 15) is 28.4 Å². The maximum Gasteiger partial charge on any atom is 0.475 e. The van der Waals surface area contributed by atoms with Crippen molar-refractivity contribution in [3.8, 4) is 0 Å². The molecule has 39 heavy (non-hydrogen) atoms. The average molecular weight is 546 g/mol. The zero-order valence-electron chi connectivity index (χ0n) is 22.7. The van der Waals surface area contributed by atoms with Crippen LogP contribution in [-0.2, 0) is 16.0 Å². The zero-order chi connectivity index (χ0) is 28.8. The second kappa shape index (κ2) is 12.9. The molecule has 2 aliphatic heterocycles. The topological polar surface area (TPSA) is 107 Å². The fourth-order valence-corrected chi connectivity index (χ4v) is 4.96. The molecule has 0 aromatic heterocycles. The van der Waals surface area contributed by atoms with Crippen LogP contribution < -0.4 is 5.32 Å². The molecule has 9 nitrogen and oxygen atoms in total. The number of carbonyl (C=O) groups excluding carboxylic acids is 2. The highest BCUT2D eigenvalue weighted by atomic mass is 19.3. The van der Waals surface area contributed by atoms with Gasteiger partial charge in [-0.3, -0.25) is 9.69 Å². The Balaban J connectivity index is 1.62. The van der Waals surface area contributed by atoms with Crippen LogP contribution in [0.3, 0.4) is 0 Å². The predicted octanol–water partition coefficient (Wildman–Crippen LogP) is 2.95. The first-order valence-corrected chi connectivity index (χ1v) is 13.2. The highest BCUT2D eigenvalue weighted by Crippen LogP contribution is 2.33. The first-order valence-electron chi connectivity index (χ1n) is 13.2. The van der Waals surface area contributed by atoms with Gasteiger partial charge in [0.15, 0.2) is 0 Å². The van der Waals surface area contributed by atoms with E-state index >= 15 is 0 Å². The van der Waals surface area contributed by atoms with Crippen LogP contribution in [0.15, 0.2) is 36.0 Å². The number of alkyl halides is 2. The van der Waals surface area contributed by atoms with Gasteiger partial charge < -0.3 is 25.0 Å². The molecular formula is C27H37BF2N4O5. The Morgan fingerprint density at radius 1 is 1.28 bits per heavy atom. The van der Waals surface area contributed by atoms with Crippen LogP contribution >= 0.6 is 0 Å². The number of amides is 2. The Morgan fingerprint density at radius 2 is 1.97 bits per heavy atom. The van der Waals surface area contributed by atoms with E-state index in [1.807, 2.05) is 31.2 Å². The number of aryl methyl sites for hydroxylation is 1. The Hall–Kier alpha value is -3.01. The summed E-state index contributed by atoms with van der Waals surface area (Å²) in [7, 11) is -1.81. The smallest absolute Gasteiger partial charge is 0.447 e. The van der Waals surface area contributed by atoms with Crippen molar-refractivity contribution in [2.24, 2.45) is 0 Å². The molecule has 0 aliphatic carbocycles. The van der Waals surface area contributed by atoms with E-state index in [2.05, 4.69) is 10.2 Å². The molecule has 0 radical (unpaired) electrons. The molecule has 2 amide bonds. The third-order valence-corrected chi connectivity index (χ3v) is 7.35. The lowest BCUT2D eigenvalue weighted by molar-refractivity contribution is -0.131. The Bertz CT molecular complexity index is 1090. The van der Waals surface area contributed by atoms with Crippen molar-refractivity contribution in [3.05, 3.63) is 58.6 Å². The fraction of sp³-hybridized carbons (Fsp3) is 0.593. The predicted molar refractivity (Wildman–Crippen MR) is 143 cm³/mol. The summed E-state index contributed by atoms with van der Waals surface area (Å²) in [5.74, 6) is -4.32. The lowest BCUT2D eigenvalue weighted by atomic mass is 9.76. The number of hydrogen-bond acceptors (Lipinski definition) is 6. The summed E-state index contributed by atoms with van der Waals surface area (Å²) in [4.78, 5) is 32.4. The lowest BCUT2D eigenvalue weighted by Gasteiger charge is -2.37. The van der Waals surface area contributed by atoms with E-state index in [0.717, 1.165) is 24.0 Å². The van der Waals surface area contributed by atoms with Crippen LogP contribution in [0.4, 0.5) is 13.6 Å². The molecule has 0 bridgehead atoms. The summed E-state index contributed by atoms with van der Waals surface area (Å²) >= 11 is 0. The molecule has 2 saturated heterocycles. The van der Waals surface area contributed by atoms with Crippen LogP contribution in [-0.4, -0.2) is 88.7 Å². The number of piperidine rings is 1. The lowest BCUT2D eigenvalue weighted by Crippen LogP contribution is -2.50. The largest absolute Gasteiger partial charge is 0.475 e. The van der Waals surface area contributed by atoms with Crippen LogP contribution in [0.2, 0.25) is 0 Å². The molecule has 1 aromatic rings. The average Bonchev–Trinajstić information content (AvgIpc) is 3.27. The van der Waals surface area contributed by atoms with Crippen molar-refractivity contribution in [1.82, 2.24) is 15.1 Å². The normalized spacial score (nSPS) is 20.7. The molecule has 2 aliphatic rings. The minimum Gasteiger partial charge on any atom is -0.447 e. The molecule has 3 rings (SSSR count). The van der Waals surface area contributed by atoms with Gasteiger partial charge in [0.25, 0.3) is 11.8 Å². The van der Waals surface area contributed by atoms with Gasteiger partial charge in [-0.1, -0.05) is 35.9 Å². The number of rotatable bonds is 9. The van der Waals surface area contributed by atoms with Crippen molar-refractivity contribution < 1.29 is 33.2 Å². The minimum atomic E-state index is -2.80. The number of benzene rings is 1. The van der Waals surface area contributed by atoms with Gasteiger partial charge in [0.2, 0.25) is 5.70 Å². The highest BCUT2D eigenvalue weighted by Gasteiger charge is 2.43. The van der Waals surface area contributed by atoms with E-state index in [1.165, 1.54) is 11.0 Å². The van der Waals surface area contributed by atoms with Crippen molar-refractivity contribution in [3.63, 3.8) is 0 Å². The van der Waals surface area contributed by atoms with E-state index in [-0.39, 0.29) is 31.7 Å². The summed E-state index contributed by atoms with van der Waals surface area (Å²) in [6.45, 7) is 12.9. The van der Waals surface area contributed by atoms with Crippen LogP contribution in [0.1, 0.15) is 50.7 Å². The van der Waals surface area contributed by atoms with Crippen LogP contribution in [0, 0.1) is 13.5 Å². The molecule has 0 unspecified atom stereocenters. The molecule has 3 N–H and O–H groups in total. The molecule has 12 heteroatoms. The van der Waals surface area contributed by atoms with E-state index in [4.69, 9.17) is 11.3 Å². The SMILES string of the molecule is [C-]#[N+]C(=CC(C)(C)N1CCC(F)(F)C1)C(=O)N1CCCC[C@@H]1COC(=O)N[C@@H](Cc1ccc(C)cc1)B(O)O. The van der Waals surface area contributed by atoms with Crippen molar-refractivity contribution >= 4 is 19.1 Å². The maximum atomic E-state index is 13.8. The molecule has 2 heterocycles. The first kappa shape index (κ1) is 30.5. The summed E-state index contributed by atoms with van der Waals surface area (Å²) in [6.07, 6.45) is 2.59. The molecule has 212 valence electrons. The number of nitrogens with one attached hydrogen (secondary N) is 1. The maximum absolute atomic E-state index is 13.8. The second-order valence-electron chi connectivity index (χ2n) is 10.9. The molecule has 2 atom stereocenters. The number of hydrogen-bond donors (Lipinski definition) is 3. The van der Waals surface area contributed by atoms with Gasteiger partial charge in [-0.15, -0.1) is 0 Å². The number of halogens is 2. The summed E-state index contributed by atoms with van der Waals surface area (Å²) < 4.78 is 32.9. The van der Waals surface area contributed by atoms with Crippen LogP contribution in [0.25, 0.3) is 4.85 Å². The van der Waals surface area contributed by atoms with E-state index in [1.54, 1.807) is 18.7 Å². The van der Waals surface area contributed by atoms with Gasteiger partial charge in [0.05, 0.1) is 25.1 Å². The molecule has 2 fully saturated rings. The first-order chi connectivity index (χ1) is 18.3. The van der Waals surface area contributed by atoms with Gasteiger partial charge in [-0.25, -0.2) is 18.4 Å². The highest BCUT2D eigenvalue weighted by molar-refractivity contribution is 6.43. The number of carbonyl (C=O) groups is 2. The zero-order valence-corrected chi connectivity index (χ0v) is 22.7. The van der Waals surface area contributed by atoms with E-state index < -0.39 is 49.1 Å². The van der Waals surface area contributed by atoms with Gasteiger partial charge >= 0.3 is 13.2 Å². The Labute approximate surface area is 228 Å². The second-order valence-corrected chi connectivity index (χ2v) is 10.9. The third-order valence-electron chi connectivity index (χ3n) is 7.35. The van der Waals surface area contributed by atoms with Crippen molar-refractivity contribution in [2.45, 2.75) is 76.3 Å². The standard InChI is InChI=1S/C27H37BF2N4O5/c1-19-8-10-20(11-9-19)15-23(28(37)38)32-25(36)39-17-21-7-5-6-13-34(21)24(35)22(31-4)16-26(2,3)33-14-12-27(29,30)18-33/h8-11,16,21,23,37-38H,5-7,12-15,17-18H2,1-3H3,(H,32,36)/t21-,23+/m1/s1. The molecule has 0 spiro atoms. The van der Waals surface area contributed by atoms with Crippen molar-refractivity contribution in [2.75, 3.05) is 26.2 Å². The fourth-order valence-electron chi connectivity index (χ4n) is 4.96. The number of ether oxygens (including phenoxy) is 1. The number of likely N-dealkylation sites (tertiary alicyclic amines) is 2. The van der Waals surface area contributed by atoms with Gasteiger partial charge in [-0.2, -0.15) is 0 Å². The molecule has 1 aromatic carbocycles. The quantitative estimate of drug-likeness (QED) is 0.250. The van der Waals surface area contributed by atoms with Crippen molar-refractivity contribution in [1.29, 1.82) is 0 Å². The third kappa shape index (κ3) is 8.49. The molecule has 0 saturated carbocycles. The van der Waals surface area contributed by atoms with Gasteiger partial charge in [-0.05, 0) is 52.0 Å². The summed E-state index contributed by atoms with van der Waals surface area (Å²) in [5, 5.41) is 22.0. The monoisotopic (exact) mass is 546 g/mol. The van der Waals surface area contributed by atoms with E-state index in [0.29, 0.717) is 13.0 Å². The molecular weight excluding hydrogens is 509 g/mol. The number of alkyl carbamates (subject to hydrolysis) is 1. The van der Waals surface area contributed by atoms with Gasteiger partial charge in [0, 0.05) is 25.0 Å². The Morgan fingerprint density at radius 3 is 2.56 bits per heavy atom. The summed E-state index contributed by atoms with van der Waals surface area (Å²) in [5.41, 5.74) is 0.778. The number of nitrogens with zero attached hydrogens (tertiary/aromatic N) is 3. The van der Waals surface area contributed by atoms with Gasteiger partial charge in [0.1, 0.15) is 6.61 Å².